The molecule has 5 nitrogen and oxygen atoms in total. The number of hydrogen-bond acceptors (Lipinski definition) is 4. The van der Waals surface area contributed by atoms with Crippen molar-refractivity contribution in [3.63, 3.8) is 0 Å². The Balaban J connectivity index is 1.65. The second kappa shape index (κ2) is 5.06. The minimum atomic E-state index is -0.148. The molecule has 1 N–H and O–H groups in total. The number of hydrogen-bond donors (Lipinski definition) is 1. The standard InChI is InChI=1S/C16H13N3O2S/c20-14(11-8-17-12-5-2-1-4-10(11)12)15-18-13(9-22-15)16(21)19-6-3-7-19/h1-2,4-5,8-9,17H,3,6-7H2. The quantitative estimate of drug-likeness (QED) is 0.756. The number of benzene rings is 1. The summed E-state index contributed by atoms with van der Waals surface area (Å²) in [6, 6.07) is 7.64. The number of aromatic amines is 1. The molecule has 6 heteroatoms. The third kappa shape index (κ3) is 2.03. The molecule has 3 heterocycles. The number of rotatable bonds is 3. The first-order valence-electron chi connectivity index (χ1n) is 7.09. The highest BCUT2D eigenvalue weighted by atomic mass is 32.1. The Morgan fingerprint density at radius 3 is 2.82 bits per heavy atom. The fraction of sp³-hybridized carbons (Fsp3) is 0.188. The molecule has 0 saturated carbocycles. The van der Waals surface area contributed by atoms with Crippen LogP contribution in [0.15, 0.2) is 35.8 Å². The fourth-order valence-corrected chi connectivity index (χ4v) is 3.28. The molecule has 1 saturated heterocycles. The molecule has 110 valence electrons. The molecule has 3 aromatic rings. The molecular weight excluding hydrogens is 298 g/mol. The summed E-state index contributed by atoms with van der Waals surface area (Å²) in [5.74, 6) is -0.231. The number of carbonyl (C=O) groups is 2. The van der Waals surface area contributed by atoms with E-state index in [1.54, 1.807) is 16.5 Å². The van der Waals surface area contributed by atoms with Gasteiger partial charge in [0.05, 0.1) is 5.56 Å². The Labute approximate surface area is 130 Å². The summed E-state index contributed by atoms with van der Waals surface area (Å²) < 4.78 is 0. The molecule has 22 heavy (non-hydrogen) atoms. The van der Waals surface area contributed by atoms with Gasteiger partial charge in [-0.2, -0.15) is 0 Å². The maximum Gasteiger partial charge on any atom is 0.273 e. The molecule has 0 spiro atoms. The van der Waals surface area contributed by atoms with Crippen LogP contribution >= 0.6 is 11.3 Å². The lowest BCUT2D eigenvalue weighted by Crippen LogP contribution is -2.42. The molecular formula is C16H13N3O2S. The number of amides is 1. The molecule has 1 amide bonds. The summed E-state index contributed by atoms with van der Waals surface area (Å²) in [5, 5.41) is 2.90. The van der Waals surface area contributed by atoms with Gasteiger partial charge in [0.1, 0.15) is 5.69 Å². The number of nitrogens with one attached hydrogen (secondary N) is 1. The van der Waals surface area contributed by atoms with Crippen LogP contribution < -0.4 is 0 Å². The van der Waals surface area contributed by atoms with E-state index in [-0.39, 0.29) is 11.7 Å². The van der Waals surface area contributed by atoms with E-state index in [1.165, 1.54) is 11.3 Å². The second-order valence-corrected chi connectivity index (χ2v) is 6.12. The highest BCUT2D eigenvalue weighted by Gasteiger charge is 2.25. The molecule has 0 bridgehead atoms. The number of carbonyl (C=O) groups excluding carboxylic acids is 2. The van der Waals surface area contributed by atoms with Crippen LogP contribution in [0.25, 0.3) is 10.9 Å². The van der Waals surface area contributed by atoms with Crippen LogP contribution in [0, 0.1) is 0 Å². The zero-order valence-corrected chi connectivity index (χ0v) is 12.5. The van der Waals surface area contributed by atoms with Gasteiger partial charge in [0.15, 0.2) is 5.01 Å². The van der Waals surface area contributed by atoms with Crippen LogP contribution in [-0.4, -0.2) is 39.6 Å². The van der Waals surface area contributed by atoms with Crippen molar-refractivity contribution in [2.75, 3.05) is 13.1 Å². The lowest BCUT2D eigenvalue weighted by Gasteiger charge is -2.29. The molecule has 0 radical (unpaired) electrons. The summed E-state index contributed by atoms with van der Waals surface area (Å²) in [4.78, 5) is 33.8. The van der Waals surface area contributed by atoms with Crippen molar-refractivity contribution in [1.29, 1.82) is 0 Å². The molecule has 1 aliphatic rings. The zero-order chi connectivity index (χ0) is 15.1. The zero-order valence-electron chi connectivity index (χ0n) is 11.7. The molecule has 0 unspecified atom stereocenters. The first-order valence-corrected chi connectivity index (χ1v) is 7.97. The smallest absolute Gasteiger partial charge is 0.273 e. The van der Waals surface area contributed by atoms with Gasteiger partial charge in [-0.3, -0.25) is 9.59 Å². The number of para-hydroxylation sites is 1. The van der Waals surface area contributed by atoms with Gasteiger partial charge in [-0.15, -0.1) is 11.3 Å². The van der Waals surface area contributed by atoms with Crippen molar-refractivity contribution in [2.45, 2.75) is 6.42 Å². The number of H-pyrrole nitrogens is 1. The van der Waals surface area contributed by atoms with Crippen LogP contribution in [0.4, 0.5) is 0 Å². The van der Waals surface area contributed by atoms with Gasteiger partial charge in [0, 0.05) is 35.6 Å². The number of thiazole rings is 1. The molecule has 1 aliphatic heterocycles. The number of likely N-dealkylation sites (tertiary alicyclic amines) is 1. The summed E-state index contributed by atoms with van der Waals surface area (Å²) in [6.45, 7) is 1.56. The van der Waals surface area contributed by atoms with E-state index >= 15 is 0 Å². The minimum absolute atomic E-state index is 0.0829. The van der Waals surface area contributed by atoms with Crippen molar-refractivity contribution in [2.24, 2.45) is 0 Å². The van der Waals surface area contributed by atoms with Crippen molar-refractivity contribution >= 4 is 33.9 Å². The number of ketones is 1. The maximum absolute atomic E-state index is 12.6. The van der Waals surface area contributed by atoms with E-state index in [0.717, 1.165) is 30.4 Å². The largest absolute Gasteiger partial charge is 0.360 e. The van der Waals surface area contributed by atoms with Gasteiger partial charge < -0.3 is 9.88 Å². The van der Waals surface area contributed by atoms with E-state index in [9.17, 15) is 9.59 Å². The SMILES string of the molecule is O=C(c1nc(C(=O)N2CCC2)cs1)c1c[nH]c2ccccc12. The van der Waals surface area contributed by atoms with Crippen LogP contribution in [0.1, 0.15) is 32.3 Å². The lowest BCUT2D eigenvalue weighted by atomic mass is 10.1. The van der Waals surface area contributed by atoms with Gasteiger partial charge in [0.2, 0.25) is 5.78 Å². The second-order valence-electron chi connectivity index (χ2n) is 5.26. The van der Waals surface area contributed by atoms with E-state index in [4.69, 9.17) is 0 Å². The monoisotopic (exact) mass is 311 g/mol. The minimum Gasteiger partial charge on any atom is -0.360 e. The number of fused-ring (bicyclic) bond motifs is 1. The van der Waals surface area contributed by atoms with Crippen LogP contribution in [-0.2, 0) is 0 Å². The average molecular weight is 311 g/mol. The maximum atomic E-state index is 12.6. The topological polar surface area (TPSA) is 66.1 Å². The third-order valence-corrected chi connectivity index (χ3v) is 4.74. The predicted octanol–water partition coefficient (Wildman–Crippen LogP) is 2.70. The van der Waals surface area contributed by atoms with Gasteiger partial charge in [-0.1, -0.05) is 18.2 Å². The van der Waals surface area contributed by atoms with E-state index in [0.29, 0.717) is 16.3 Å². The van der Waals surface area contributed by atoms with Crippen LogP contribution in [0.3, 0.4) is 0 Å². The van der Waals surface area contributed by atoms with Gasteiger partial charge in [-0.05, 0) is 12.5 Å². The Hall–Kier alpha value is -2.47. The van der Waals surface area contributed by atoms with E-state index in [1.807, 2.05) is 24.3 Å². The third-order valence-electron chi connectivity index (χ3n) is 3.89. The van der Waals surface area contributed by atoms with Crippen molar-refractivity contribution in [3.8, 4) is 0 Å². The van der Waals surface area contributed by atoms with Crippen LogP contribution in [0.2, 0.25) is 0 Å². The Morgan fingerprint density at radius 1 is 1.23 bits per heavy atom. The highest BCUT2D eigenvalue weighted by Crippen LogP contribution is 2.23. The summed E-state index contributed by atoms with van der Waals surface area (Å²) in [6.07, 6.45) is 2.74. The summed E-state index contributed by atoms with van der Waals surface area (Å²) in [5.41, 5.74) is 1.88. The Bertz CT molecular complexity index is 876. The molecule has 0 aliphatic carbocycles. The molecule has 4 rings (SSSR count). The molecule has 0 atom stereocenters. The number of aromatic nitrogens is 2. The van der Waals surface area contributed by atoms with Gasteiger partial charge >= 0.3 is 0 Å². The summed E-state index contributed by atoms with van der Waals surface area (Å²) >= 11 is 1.22. The highest BCUT2D eigenvalue weighted by molar-refractivity contribution is 7.12. The number of nitrogens with zero attached hydrogens (tertiary/aromatic N) is 2. The van der Waals surface area contributed by atoms with Crippen molar-refractivity contribution < 1.29 is 9.59 Å². The lowest BCUT2D eigenvalue weighted by molar-refractivity contribution is 0.0646. The van der Waals surface area contributed by atoms with Gasteiger partial charge in [0.25, 0.3) is 5.91 Å². The first-order chi connectivity index (χ1) is 10.7. The molecule has 2 aromatic heterocycles. The van der Waals surface area contributed by atoms with Crippen molar-refractivity contribution in [1.82, 2.24) is 14.9 Å². The predicted molar refractivity (Wildman–Crippen MR) is 84.4 cm³/mol. The summed E-state index contributed by atoms with van der Waals surface area (Å²) in [7, 11) is 0. The molecule has 1 aromatic carbocycles. The Morgan fingerprint density at radius 2 is 2.05 bits per heavy atom. The Kier molecular flexibility index (Phi) is 3.04. The average Bonchev–Trinajstić information content (AvgIpc) is 3.12. The van der Waals surface area contributed by atoms with Crippen LogP contribution in [0.5, 0.6) is 0 Å². The normalized spacial score (nSPS) is 14.1. The van der Waals surface area contributed by atoms with Gasteiger partial charge in [-0.25, -0.2) is 4.98 Å². The van der Waals surface area contributed by atoms with E-state index in [2.05, 4.69) is 9.97 Å². The van der Waals surface area contributed by atoms with E-state index < -0.39 is 0 Å². The first kappa shape index (κ1) is 13.2. The fourth-order valence-electron chi connectivity index (χ4n) is 2.53. The van der Waals surface area contributed by atoms with Crippen molar-refractivity contribution in [3.05, 3.63) is 52.1 Å². The molecule has 1 fully saturated rings.